The molecule has 0 fully saturated rings. The van der Waals surface area contributed by atoms with Crippen molar-refractivity contribution in [3.05, 3.63) is 58.6 Å². The summed E-state index contributed by atoms with van der Waals surface area (Å²) in [5.74, 6) is 1.76. The minimum atomic E-state index is 0.159. The van der Waals surface area contributed by atoms with Crippen molar-refractivity contribution in [2.45, 2.75) is 13.3 Å². The Labute approximate surface area is 133 Å². The van der Waals surface area contributed by atoms with E-state index >= 15 is 0 Å². The third kappa shape index (κ3) is 5.60. The quantitative estimate of drug-likeness (QED) is 0.708. The third-order valence-corrected chi connectivity index (χ3v) is 3.34. The van der Waals surface area contributed by atoms with E-state index in [-0.39, 0.29) is 5.78 Å². The second-order valence-corrected chi connectivity index (χ2v) is 5.59. The summed E-state index contributed by atoms with van der Waals surface area (Å²) in [6, 6.07) is 15.2. The first-order chi connectivity index (χ1) is 10.1. The van der Waals surface area contributed by atoms with Crippen LogP contribution in [0.25, 0.3) is 0 Å². The molecule has 0 aliphatic rings. The van der Waals surface area contributed by atoms with E-state index in [0.29, 0.717) is 19.6 Å². The summed E-state index contributed by atoms with van der Waals surface area (Å²) < 4.78 is 12.2. The van der Waals surface area contributed by atoms with Gasteiger partial charge in [-0.05, 0) is 48.9 Å². The van der Waals surface area contributed by atoms with Gasteiger partial charge in [-0.1, -0.05) is 28.1 Å². The van der Waals surface area contributed by atoms with Gasteiger partial charge < -0.3 is 9.47 Å². The lowest BCUT2D eigenvalue weighted by atomic mass is 10.1. The molecule has 4 heteroatoms. The van der Waals surface area contributed by atoms with Gasteiger partial charge in [0.2, 0.25) is 0 Å². The number of hydrogen-bond acceptors (Lipinski definition) is 3. The molecule has 0 atom stereocenters. The molecule has 0 bridgehead atoms. The zero-order chi connectivity index (χ0) is 15.1. The zero-order valence-corrected chi connectivity index (χ0v) is 13.4. The lowest BCUT2D eigenvalue weighted by Crippen LogP contribution is -2.09. The van der Waals surface area contributed by atoms with Crippen molar-refractivity contribution in [1.82, 2.24) is 0 Å². The Balaban J connectivity index is 1.73. The topological polar surface area (TPSA) is 35.5 Å². The van der Waals surface area contributed by atoms with E-state index < -0.39 is 0 Å². The largest absolute Gasteiger partial charge is 0.490 e. The number of carbonyl (C=O) groups is 1. The van der Waals surface area contributed by atoms with Gasteiger partial charge >= 0.3 is 0 Å². The average Bonchev–Trinajstić information content (AvgIpc) is 2.46. The summed E-state index contributed by atoms with van der Waals surface area (Å²) in [6.07, 6.45) is 0.465. The van der Waals surface area contributed by atoms with Crippen LogP contribution in [0.5, 0.6) is 11.5 Å². The molecule has 0 heterocycles. The Kier molecular flexibility index (Phi) is 5.81. The summed E-state index contributed by atoms with van der Waals surface area (Å²) in [6.45, 7) is 2.54. The summed E-state index contributed by atoms with van der Waals surface area (Å²) >= 11 is 3.38. The molecule has 0 saturated carbocycles. The van der Waals surface area contributed by atoms with Gasteiger partial charge in [-0.15, -0.1) is 0 Å². The summed E-state index contributed by atoms with van der Waals surface area (Å²) in [5.41, 5.74) is 1.00. The fourth-order valence-corrected chi connectivity index (χ4v) is 2.11. The molecule has 0 aliphatic carbocycles. The maximum absolute atomic E-state index is 11.0. The molecule has 2 rings (SSSR count). The van der Waals surface area contributed by atoms with Crippen molar-refractivity contribution >= 4 is 21.7 Å². The van der Waals surface area contributed by atoms with E-state index in [1.54, 1.807) is 6.92 Å². The maximum Gasteiger partial charge on any atom is 0.134 e. The monoisotopic (exact) mass is 348 g/mol. The normalized spacial score (nSPS) is 10.2. The average molecular weight is 349 g/mol. The molecule has 0 saturated heterocycles. The minimum absolute atomic E-state index is 0.159. The molecule has 3 nitrogen and oxygen atoms in total. The first-order valence-corrected chi connectivity index (χ1v) is 7.52. The van der Waals surface area contributed by atoms with Crippen LogP contribution in [-0.2, 0) is 11.2 Å². The van der Waals surface area contributed by atoms with Gasteiger partial charge in [-0.2, -0.15) is 0 Å². The molecule has 0 aliphatic heterocycles. The van der Waals surface area contributed by atoms with Crippen LogP contribution in [0.2, 0.25) is 0 Å². The molecule has 2 aromatic rings. The highest BCUT2D eigenvalue weighted by atomic mass is 79.9. The van der Waals surface area contributed by atoms with Crippen LogP contribution in [0.4, 0.5) is 0 Å². The van der Waals surface area contributed by atoms with Crippen LogP contribution >= 0.6 is 15.9 Å². The Morgan fingerprint density at radius 3 is 1.86 bits per heavy atom. The molecule has 21 heavy (non-hydrogen) atoms. The van der Waals surface area contributed by atoms with Gasteiger partial charge in [0, 0.05) is 10.9 Å². The second-order valence-electron chi connectivity index (χ2n) is 4.67. The Bertz CT molecular complexity index is 576. The van der Waals surface area contributed by atoms with Crippen LogP contribution < -0.4 is 9.47 Å². The van der Waals surface area contributed by atoms with Gasteiger partial charge in [0.05, 0.1) is 0 Å². The standard InChI is InChI=1S/C17H17BrO3/c1-13(19)12-14-2-6-16(7-3-14)20-10-11-21-17-8-4-15(18)5-9-17/h2-9H,10-12H2,1H3. The fraction of sp³-hybridized carbons (Fsp3) is 0.235. The van der Waals surface area contributed by atoms with Crippen molar-refractivity contribution in [1.29, 1.82) is 0 Å². The van der Waals surface area contributed by atoms with E-state index in [4.69, 9.17) is 9.47 Å². The lowest BCUT2D eigenvalue weighted by molar-refractivity contribution is -0.116. The number of halogens is 1. The van der Waals surface area contributed by atoms with E-state index in [9.17, 15) is 4.79 Å². The Morgan fingerprint density at radius 2 is 1.38 bits per heavy atom. The molecular formula is C17H17BrO3. The Hall–Kier alpha value is -1.81. The smallest absolute Gasteiger partial charge is 0.134 e. The van der Waals surface area contributed by atoms with Crippen molar-refractivity contribution in [3.8, 4) is 11.5 Å². The first-order valence-electron chi connectivity index (χ1n) is 6.73. The van der Waals surface area contributed by atoms with Crippen molar-refractivity contribution in [3.63, 3.8) is 0 Å². The lowest BCUT2D eigenvalue weighted by Gasteiger charge is -2.09. The molecule has 110 valence electrons. The predicted octanol–water partition coefficient (Wildman–Crippen LogP) is 4.04. The number of carbonyl (C=O) groups excluding carboxylic acids is 1. The van der Waals surface area contributed by atoms with Crippen LogP contribution in [0.15, 0.2) is 53.0 Å². The minimum Gasteiger partial charge on any atom is -0.490 e. The van der Waals surface area contributed by atoms with Crippen molar-refractivity contribution < 1.29 is 14.3 Å². The fourth-order valence-electron chi connectivity index (χ4n) is 1.84. The first kappa shape index (κ1) is 15.6. The highest BCUT2D eigenvalue weighted by molar-refractivity contribution is 9.10. The van der Waals surface area contributed by atoms with Crippen LogP contribution in [0.1, 0.15) is 12.5 Å². The SMILES string of the molecule is CC(=O)Cc1ccc(OCCOc2ccc(Br)cc2)cc1. The number of ether oxygens (including phenoxy) is 2. The molecule has 0 spiro atoms. The highest BCUT2D eigenvalue weighted by Gasteiger charge is 1.99. The second kappa shape index (κ2) is 7.84. The van der Waals surface area contributed by atoms with Gasteiger partial charge in [0.15, 0.2) is 0 Å². The number of Topliss-reactive ketones (excluding diaryl/α,β-unsaturated/α-hetero) is 1. The molecule has 0 unspecified atom stereocenters. The summed E-state index contributed by atoms with van der Waals surface area (Å²) in [4.78, 5) is 11.0. The summed E-state index contributed by atoms with van der Waals surface area (Å²) in [7, 11) is 0. The van der Waals surface area contributed by atoms with Gasteiger partial charge in [-0.3, -0.25) is 4.79 Å². The van der Waals surface area contributed by atoms with Crippen LogP contribution in [0.3, 0.4) is 0 Å². The molecule has 0 N–H and O–H groups in total. The third-order valence-electron chi connectivity index (χ3n) is 2.81. The highest BCUT2D eigenvalue weighted by Crippen LogP contribution is 2.16. The predicted molar refractivity (Wildman–Crippen MR) is 86.0 cm³/mol. The number of ketones is 1. The molecule has 0 amide bonds. The van der Waals surface area contributed by atoms with E-state index in [1.165, 1.54) is 0 Å². The van der Waals surface area contributed by atoms with Crippen LogP contribution in [-0.4, -0.2) is 19.0 Å². The number of benzene rings is 2. The molecular weight excluding hydrogens is 332 g/mol. The van der Waals surface area contributed by atoms with Gasteiger partial charge in [-0.25, -0.2) is 0 Å². The van der Waals surface area contributed by atoms with Gasteiger partial charge in [0.1, 0.15) is 30.5 Å². The van der Waals surface area contributed by atoms with Crippen molar-refractivity contribution in [2.75, 3.05) is 13.2 Å². The zero-order valence-electron chi connectivity index (χ0n) is 11.8. The van der Waals surface area contributed by atoms with E-state index in [1.807, 2.05) is 48.5 Å². The van der Waals surface area contributed by atoms with E-state index in [2.05, 4.69) is 15.9 Å². The number of hydrogen-bond donors (Lipinski definition) is 0. The molecule has 0 aromatic heterocycles. The van der Waals surface area contributed by atoms with Crippen LogP contribution in [0, 0.1) is 0 Å². The molecule has 0 radical (unpaired) electrons. The van der Waals surface area contributed by atoms with Gasteiger partial charge in [0.25, 0.3) is 0 Å². The molecule has 2 aromatic carbocycles. The van der Waals surface area contributed by atoms with Crippen molar-refractivity contribution in [2.24, 2.45) is 0 Å². The Morgan fingerprint density at radius 1 is 0.905 bits per heavy atom. The number of rotatable bonds is 7. The summed E-state index contributed by atoms with van der Waals surface area (Å²) in [5, 5.41) is 0. The maximum atomic E-state index is 11.0. The van der Waals surface area contributed by atoms with E-state index in [0.717, 1.165) is 21.5 Å².